The molecule has 0 aromatic carbocycles. The Labute approximate surface area is 172 Å². The van der Waals surface area contributed by atoms with Crippen LogP contribution in [0.15, 0.2) is 34.2 Å². The van der Waals surface area contributed by atoms with E-state index in [2.05, 4.69) is 20.6 Å². The van der Waals surface area contributed by atoms with Crippen LogP contribution in [-0.4, -0.2) is 40.3 Å². The van der Waals surface area contributed by atoms with Gasteiger partial charge in [0, 0.05) is 37.6 Å². The summed E-state index contributed by atoms with van der Waals surface area (Å²) in [5, 5.41) is 17.3. The normalized spacial score (nSPS) is 13.8. The highest BCUT2D eigenvalue weighted by molar-refractivity contribution is 14.0. The minimum Gasteiger partial charge on any atom is -0.466 e. The number of aliphatic imine (C=N–C) groups is 1. The van der Waals surface area contributed by atoms with Crippen LogP contribution in [0.5, 0.6) is 0 Å². The van der Waals surface area contributed by atoms with Gasteiger partial charge in [-0.3, -0.25) is 0 Å². The van der Waals surface area contributed by atoms with Gasteiger partial charge in [0.2, 0.25) is 0 Å². The molecule has 2 rings (SSSR count). The van der Waals surface area contributed by atoms with Crippen molar-refractivity contribution in [1.82, 2.24) is 20.2 Å². The van der Waals surface area contributed by atoms with Crippen LogP contribution in [0.3, 0.4) is 0 Å². The molecule has 0 fully saturated rings. The molecule has 0 aliphatic rings. The number of nitrogens with one attached hydrogen (secondary N) is 2. The summed E-state index contributed by atoms with van der Waals surface area (Å²) in [5.41, 5.74) is -0.286. The van der Waals surface area contributed by atoms with Crippen molar-refractivity contribution in [2.45, 2.75) is 46.3 Å². The van der Waals surface area contributed by atoms with Crippen LogP contribution in [0.4, 0.5) is 0 Å². The fourth-order valence-corrected chi connectivity index (χ4v) is 2.71. The summed E-state index contributed by atoms with van der Waals surface area (Å²) >= 11 is 0. The maximum Gasteiger partial charge on any atom is 0.191 e. The number of rotatable bonds is 8. The van der Waals surface area contributed by atoms with Crippen LogP contribution in [0, 0.1) is 13.8 Å². The van der Waals surface area contributed by atoms with Crippen molar-refractivity contribution >= 4 is 29.9 Å². The summed E-state index contributed by atoms with van der Waals surface area (Å²) in [5.74, 6) is 2.23. The van der Waals surface area contributed by atoms with Crippen molar-refractivity contribution < 1.29 is 9.52 Å². The number of imidazole rings is 1. The van der Waals surface area contributed by atoms with Crippen LogP contribution in [0.2, 0.25) is 0 Å². The third kappa shape index (κ3) is 6.64. The number of aliphatic hydroxyl groups is 1. The second-order valence-corrected chi connectivity index (χ2v) is 6.38. The van der Waals surface area contributed by atoms with Crippen molar-refractivity contribution in [3.8, 4) is 0 Å². The van der Waals surface area contributed by atoms with Gasteiger partial charge in [-0.25, -0.2) is 9.98 Å². The molecule has 2 aromatic rings. The number of halogens is 1. The number of hydrogen-bond donors (Lipinski definition) is 3. The molecule has 0 spiro atoms. The first kappa shape index (κ1) is 22.5. The molecule has 146 valence electrons. The number of hydrogen-bond acceptors (Lipinski definition) is 4. The van der Waals surface area contributed by atoms with Gasteiger partial charge in [0.15, 0.2) is 5.96 Å². The first-order valence-corrected chi connectivity index (χ1v) is 8.70. The molecular weight excluding hydrogens is 445 g/mol. The molecule has 1 unspecified atom stereocenters. The summed E-state index contributed by atoms with van der Waals surface area (Å²) in [7, 11) is 0. The quantitative estimate of drug-likeness (QED) is 0.237. The Morgan fingerprint density at radius 3 is 2.73 bits per heavy atom. The predicted molar refractivity (Wildman–Crippen MR) is 114 cm³/mol. The molecule has 2 heterocycles. The van der Waals surface area contributed by atoms with E-state index in [0.717, 1.165) is 43.1 Å². The molecule has 0 saturated carbocycles. The van der Waals surface area contributed by atoms with Crippen molar-refractivity contribution in [2.75, 3.05) is 19.6 Å². The summed E-state index contributed by atoms with van der Waals surface area (Å²) < 4.78 is 7.57. The van der Waals surface area contributed by atoms with Crippen LogP contribution in [0.25, 0.3) is 0 Å². The fourth-order valence-electron chi connectivity index (χ4n) is 2.71. The van der Waals surface area contributed by atoms with Crippen LogP contribution >= 0.6 is 24.0 Å². The minimum absolute atomic E-state index is 0. The highest BCUT2D eigenvalue weighted by atomic mass is 127. The molecule has 7 nitrogen and oxygen atoms in total. The second-order valence-electron chi connectivity index (χ2n) is 6.38. The molecular formula is C18H30IN5O2. The van der Waals surface area contributed by atoms with E-state index >= 15 is 0 Å². The number of nitrogens with zero attached hydrogens (tertiary/aromatic N) is 3. The number of aryl methyl sites for hydroxylation is 3. The van der Waals surface area contributed by atoms with Gasteiger partial charge >= 0.3 is 0 Å². The maximum atomic E-state index is 10.8. The standard InChI is InChI=1S/C18H29N5O2.HI/c1-5-20-17(21-7-6-9-23-10-8-19-13-23)22-12-18(4,24)16-11-14(2)25-15(16)3;/h8,10-11,13,24H,5-7,9,12H2,1-4H3,(H2,20,21,22);1H. The van der Waals surface area contributed by atoms with Crippen LogP contribution in [-0.2, 0) is 12.1 Å². The molecule has 0 bridgehead atoms. The van der Waals surface area contributed by atoms with E-state index in [0.29, 0.717) is 5.96 Å². The first-order chi connectivity index (χ1) is 11.9. The molecule has 0 aliphatic heterocycles. The topological polar surface area (TPSA) is 87.6 Å². The summed E-state index contributed by atoms with van der Waals surface area (Å²) in [6, 6.07) is 1.87. The summed E-state index contributed by atoms with van der Waals surface area (Å²) in [6.45, 7) is 10.2. The number of aromatic nitrogens is 2. The van der Waals surface area contributed by atoms with Crippen molar-refractivity contribution in [2.24, 2.45) is 4.99 Å². The largest absolute Gasteiger partial charge is 0.466 e. The van der Waals surface area contributed by atoms with Gasteiger partial charge in [-0.15, -0.1) is 24.0 Å². The molecule has 0 amide bonds. The molecule has 0 aliphatic carbocycles. The smallest absolute Gasteiger partial charge is 0.191 e. The summed E-state index contributed by atoms with van der Waals surface area (Å²) in [4.78, 5) is 8.56. The predicted octanol–water partition coefficient (Wildman–Crippen LogP) is 2.56. The maximum absolute atomic E-state index is 10.8. The SMILES string of the molecule is CCNC(=NCC(C)(O)c1cc(C)oc1C)NCCCn1ccnc1.I. The Morgan fingerprint density at radius 2 is 2.15 bits per heavy atom. The number of guanidine groups is 1. The highest BCUT2D eigenvalue weighted by Gasteiger charge is 2.27. The zero-order valence-corrected chi connectivity index (χ0v) is 18.3. The van der Waals surface area contributed by atoms with Crippen LogP contribution < -0.4 is 10.6 Å². The van der Waals surface area contributed by atoms with E-state index in [1.54, 1.807) is 13.1 Å². The van der Waals surface area contributed by atoms with Crippen molar-refractivity contribution in [3.05, 3.63) is 41.9 Å². The van der Waals surface area contributed by atoms with E-state index < -0.39 is 5.60 Å². The van der Waals surface area contributed by atoms with Gasteiger partial charge in [0.1, 0.15) is 17.1 Å². The average Bonchev–Trinajstić information content (AvgIpc) is 3.18. The monoisotopic (exact) mass is 475 g/mol. The Morgan fingerprint density at radius 1 is 1.38 bits per heavy atom. The second kappa shape index (κ2) is 10.6. The van der Waals surface area contributed by atoms with Gasteiger partial charge in [0.05, 0.1) is 12.9 Å². The van der Waals surface area contributed by atoms with E-state index in [1.807, 2.05) is 43.9 Å². The van der Waals surface area contributed by atoms with E-state index in [-0.39, 0.29) is 30.5 Å². The van der Waals surface area contributed by atoms with Gasteiger partial charge in [0.25, 0.3) is 0 Å². The third-order valence-electron chi connectivity index (χ3n) is 3.96. The van der Waals surface area contributed by atoms with Crippen molar-refractivity contribution in [3.63, 3.8) is 0 Å². The van der Waals surface area contributed by atoms with E-state index in [9.17, 15) is 5.11 Å². The van der Waals surface area contributed by atoms with Gasteiger partial charge in [-0.1, -0.05) is 0 Å². The molecule has 0 radical (unpaired) electrons. The van der Waals surface area contributed by atoms with E-state index in [1.165, 1.54) is 0 Å². The molecule has 3 N–H and O–H groups in total. The fraction of sp³-hybridized carbons (Fsp3) is 0.556. The van der Waals surface area contributed by atoms with Crippen LogP contribution in [0.1, 0.15) is 37.4 Å². The van der Waals surface area contributed by atoms with Gasteiger partial charge < -0.3 is 24.7 Å². The highest BCUT2D eigenvalue weighted by Crippen LogP contribution is 2.27. The Balaban J connectivity index is 0.00000338. The zero-order chi connectivity index (χ0) is 18.3. The molecule has 8 heteroatoms. The van der Waals surface area contributed by atoms with Gasteiger partial charge in [-0.05, 0) is 40.2 Å². The molecule has 2 aromatic heterocycles. The Hall–Kier alpha value is -1.55. The lowest BCUT2D eigenvalue weighted by molar-refractivity contribution is 0.0657. The zero-order valence-electron chi connectivity index (χ0n) is 16.0. The van der Waals surface area contributed by atoms with E-state index in [4.69, 9.17) is 4.42 Å². The Kier molecular flexibility index (Phi) is 9.14. The molecule has 26 heavy (non-hydrogen) atoms. The lowest BCUT2D eigenvalue weighted by Crippen LogP contribution is -2.39. The number of furan rings is 1. The lowest BCUT2D eigenvalue weighted by atomic mass is 9.96. The first-order valence-electron chi connectivity index (χ1n) is 8.70. The molecule has 1 atom stereocenters. The summed E-state index contributed by atoms with van der Waals surface area (Å²) in [6.07, 6.45) is 6.50. The van der Waals surface area contributed by atoms with Gasteiger partial charge in [-0.2, -0.15) is 0 Å². The van der Waals surface area contributed by atoms with Crippen molar-refractivity contribution in [1.29, 1.82) is 0 Å². The Bertz CT molecular complexity index is 680. The third-order valence-corrected chi connectivity index (χ3v) is 3.96. The average molecular weight is 475 g/mol. The molecule has 0 saturated heterocycles. The lowest BCUT2D eigenvalue weighted by Gasteiger charge is -2.21. The minimum atomic E-state index is -1.07.